The molecule has 2 rings (SSSR count). The predicted molar refractivity (Wildman–Crippen MR) is 64.2 cm³/mol. The van der Waals surface area contributed by atoms with Crippen LogP contribution in [0.4, 0.5) is 0 Å². The zero-order chi connectivity index (χ0) is 11.4. The summed E-state index contributed by atoms with van der Waals surface area (Å²) in [6.07, 6.45) is 3.62. The Balaban J connectivity index is 2.34. The van der Waals surface area contributed by atoms with E-state index in [0.717, 1.165) is 31.2 Å². The van der Waals surface area contributed by atoms with Crippen molar-refractivity contribution in [2.75, 3.05) is 6.61 Å². The molecule has 1 aromatic carbocycles. The molecule has 0 spiro atoms. The molecule has 0 saturated heterocycles. The van der Waals surface area contributed by atoms with E-state index in [-0.39, 0.29) is 6.10 Å². The summed E-state index contributed by atoms with van der Waals surface area (Å²) in [5, 5.41) is 10.3. The summed E-state index contributed by atoms with van der Waals surface area (Å²) < 4.78 is 5.92. The third kappa shape index (κ3) is 2.00. The van der Waals surface area contributed by atoms with Crippen LogP contribution in [0.2, 0.25) is 0 Å². The van der Waals surface area contributed by atoms with Crippen molar-refractivity contribution in [2.24, 2.45) is 0 Å². The van der Waals surface area contributed by atoms with Gasteiger partial charge in [0, 0.05) is 6.61 Å². The molecular weight excluding hydrogens is 200 g/mol. The lowest BCUT2D eigenvalue weighted by atomic mass is 9.77. The van der Waals surface area contributed by atoms with Gasteiger partial charge in [0.1, 0.15) is 5.60 Å². The molecule has 2 nitrogen and oxygen atoms in total. The molecule has 0 aliphatic heterocycles. The Kier molecular flexibility index (Phi) is 3.62. The highest BCUT2D eigenvalue weighted by molar-refractivity contribution is 5.25. The molecule has 0 aromatic heterocycles. The molecule has 0 radical (unpaired) electrons. The number of ether oxygens (including phenoxy) is 1. The third-order valence-electron chi connectivity index (χ3n) is 3.48. The molecule has 2 atom stereocenters. The van der Waals surface area contributed by atoms with Crippen LogP contribution in [0.5, 0.6) is 0 Å². The lowest BCUT2D eigenvalue weighted by Gasteiger charge is -2.41. The van der Waals surface area contributed by atoms with Crippen molar-refractivity contribution in [3.05, 3.63) is 35.9 Å². The van der Waals surface area contributed by atoms with Gasteiger partial charge in [-0.05, 0) is 25.3 Å². The van der Waals surface area contributed by atoms with Gasteiger partial charge >= 0.3 is 0 Å². The van der Waals surface area contributed by atoms with Crippen LogP contribution in [-0.2, 0) is 10.3 Å². The molecule has 1 fully saturated rings. The van der Waals surface area contributed by atoms with Crippen molar-refractivity contribution >= 4 is 0 Å². The summed E-state index contributed by atoms with van der Waals surface area (Å²) in [6.45, 7) is 2.64. The van der Waals surface area contributed by atoms with E-state index in [1.165, 1.54) is 0 Å². The fourth-order valence-corrected chi connectivity index (χ4v) is 2.69. The van der Waals surface area contributed by atoms with E-state index in [0.29, 0.717) is 6.61 Å². The fourth-order valence-electron chi connectivity index (χ4n) is 2.69. The number of hydrogen-bond acceptors (Lipinski definition) is 2. The van der Waals surface area contributed by atoms with Gasteiger partial charge in [-0.15, -0.1) is 0 Å². The Morgan fingerprint density at radius 2 is 2.06 bits per heavy atom. The normalized spacial score (nSPS) is 30.2. The van der Waals surface area contributed by atoms with Gasteiger partial charge in [0.25, 0.3) is 0 Å². The van der Waals surface area contributed by atoms with Gasteiger partial charge in [-0.3, -0.25) is 0 Å². The molecule has 0 bridgehead atoms. The van der Waals surface area contributed by atoms with Gasteiger partial charge in [0.05, 0.1) is 6.10 Å². The maximum absolute atomic E-state index is 10.3. The van der Waals surface area contributed by atoms with Crippen LogP contribution >= 0.6 is 0 Å². The van der Waals surface area contributed by atoms with Crippen LogP contribution in [0.3, 0.4) is 0 Å². The quantitative estimate of drug-likeness (QED) is 0.848. The molecule has 0 heterocycles. The van der Waals surface area contributed by atoms with E-state index < -0.39 is 5.60 Å². The van der Waals surface area contributed by atoms with E-state index in [9.17, 15) is 5.11 Å². The Labute approximate surface area is 97.3 Å². The predicted octanol–water partition coefficient (Wildman–Crippen LogP) is 2.85. The summed E-state index contributed by atoms with van der Waals surface area (Å²) in [7, 11) is 0. The first-order chi connectivity index (χ1) is 7.79. The Morgan fingerprint density at radius 3 is 2.69 bits per heavy atom. The molecule has 1 aliphatic rings. The largest absolute Gasteiger partial charge is 0.390 e. The molecule has 2 heteroatoms. The SMILES string of the molecule is CCO[C@]1(c2ccccc2)CCCC[C@@H]1O. The highest BCUT2D eigenvalue weighted by atomic mass is 16.5. The van der Waals surface area contributed by atoms with Gasteiger partial charge in [-0.1, -0.05) is 43.2 Å². The number of benzene rings is 1. The Bertz CT molecular complexity index is 319. The van der Waals surface area contributed by atoms with E-state index >= 15 is 0 Å². The third-order valence-corrected chi connectivity index (χ3v) is 3.48. The molecular formula is C14H20O2. The second kappa shape index (κ2) is 4.98. The average molecular weight is 220 g/mol. The number of hydrogen-bond donors (Lipinski definition) is 1. The first-order valence-electron chi connectivity index (χ1n) is 6.17. The van der Waals surface area contributed by atoms with Gasteiger partial charge in [-0.2, -0.15) is 0 Å². The minimum atomic E-state index is -0.464. The van der Waals surface area contributed by atoms with Crippen molar-refractivity contribution in [1.82, 2.24) is 0 Å². The van der Waals surface area contributed by atoms with E-state index in [1.807, 2.05) is 25.1 Å². The molecule has 1 aromatic rings. The van der Waals surface area contributed by atoms with Gasteiger partial charge in [-0.25, -0.2) is 0 Å². The molecule has 88 valence electrons. The molecule has 1 aliphatic carbocycles. The van der Waals surface area contributed by atoms with Gasteiger partial charge in [0.15, 0.2) is 0 Å². The molecule has 0 unspecified atom stereocenters. The monoisotopic (exact) mass is 220 g/mol. The first-order valence-corrected chi connectivity index (χ1v) is 6.17. The van der Waals surface area contributed by atoms with Crippen molar-refractivity contribution in [3.8, 4) is 0 Å². The molecule has 1 N–H and O–H groups in total. The van der Waals surface area contributed by atoms with Crippen LogP contribution < -0.4 is 0 Å². The highest BCUT2D eigenvalue weighted by Crippen LogP contribution is 2.40. The lowest BCUT2D eigenvalue weighted by molar-refractivity contribution is -0.147. The second-order valence-electron chi connectivity index (χ2n) is 4.45. The molecule has 1 saturated carbocycles. The standard InChI is InChI=1S/C14H20O2/c1-2-16-14(11-7-6-10-13(14)15)12-8-4-3-5-9-12/h3-5,8-9,13,15H,2,6-7,10-11H2,1H3/t13-,14-/m0/s1. The molecule has 0 amide bonds. The van der Waals surface area contributed by atoms with Crippen molar-refractivity contribution < 1.29 is 9.84 Å². The summed E-state index contributed by atoms with van der Waals surface area (Å²) in [4.78, 5) is 0. The summed E-state index contributed by atoms with van der Waals surface area (Å²) in [6, 6.07) is 10.1. The Hall–Kier alpha value is -0.860. The zero-order valence-corrected chi connectivity index (χ0v) is 9.86. The summed E-state index contributed by atoms with van der Waals surface area (Å²) in [5.74, 6) is 0. The number of rotatable bonds is 3. The van der Waals surface area contributed by atoms with Crippen LogP contribution in [0.1, 0.15) is 38.2 Å². The van der Waals surface area contributed by atoms with Crippen molar-refractivity contribution in [3.63, 3.8) is 0 Å². The van der Waals surface area contributed by atoms with Crippen molar-refractivity contribution in [2.45, 2.75) is 44.3 Å². The van der Waals surface area contributed by atoms with E-state index in [2.05, 4.69) is 12.1 Å². The van der Waals surface area contributed by atoms with Crippen LogP contribution in [0.25, 0.3) is 0 Å². The van der Waals surface area contributed by atoms with Gasteiger partial charge in [0.2, 0.25) is 0 Å². The summed E-state index contributed by atoms with van der Waals surface area (Å²) in [5.41, 5.74) is 0.651. The first kappa shape index (κ1) is 11.6. The maximum Gasteiger partial charge on any atom is 0.119 e. The van der Waals surface area contributed by atoms with Gasteiger partial charge < -0.3 is 9.84 Å². The smallest absolute Gasteiger partial charge is 0.119 e. The van der Waals surface area contributed by atoms with Crippen LogP contribution in [0.15, 0.2) is 30.3 Å². The summed E-state index contributed by atoms with van der Waals surface area (Å²) >= 11 is 0. The maximum atomic E-state index is 10.3. The highest BCUT2D eigenvalue weighted by Gasteiger charge is 2.42. The van der Waals surface area contributed by atoms with E-state index in [4.69, 9.17) is 4.74 Å². The van der Waals surface area contributed by atoms with Crippen LogP contribution in [-0.4, -0.2) is 17.8 Å². The second-order valence-corrected chi connectivity index (χ2v) is 4.45. The average Bonchev–Trinajstić information content (AvgIpc) is 2.34. The number of aliphatic hydroxyl groups excluding tert-OH is 1. The molecule has 16 heavy (non-hydrogen) atoms. The lowest BCUT2D eigenvalue weighted by Crippen LogP contribution is -2.44. The number of aliphatic hydroxyl groups is 1. The topological polar surface area (TPSA) is 29.5 Å². The van der Waals surface area contributed by atoms with E-state index in [1.54, 1.807) is 0 Å². The fraction of sp³-hybridized carbons (Fsp3) is 0.571. The Morgan fingerprint density at radius 1 is 1.31 bits per heavy atom. The van der Waals surface area contributed by atoms with Crippen molar-refractivity contribution in [1.29, 1.82) is 0 Å². The minimum absolute atomic E-state index is 0.372. The minimum Gasteiger partial charge on any atom is -0.390 e. The van der Waals surface area contributed by atoms with Crippen LogP contribution in [0, 0.1) is 0 Å². The zero-order valence-electron chi connectivity index (χ0n) is 9.86.